The highest BCUT2D eigenvalue weighted by Crippen LogP contribution is 2.25. The van der Waals surface area contributed by atoms with E-state index in [1.165, 1.54) is 18.3 Å². The molecule has 20 heavy (non-hydrogen) atoms. The fourth-order valence-corrected chi connectivity index (χ4v) is 3.49. The number of rotatable bonds is 4. The van der Waals surface area contributed by atoms with E-state index in [1.807, 2.05) is 0 Å². The van der Waals surface area contributed by atoms with Crippen LogP contribution in [-0.4, -0.2) is 24.5 Å². The SMILES string of the molecule is O=C(O)c1ccc(Cl)c(S(=O)(=O)Cc2ccccn2)c1. The maximum absolute atomic E-state index is 12.3. The fourth-order valence-electron chi connectivity index (χ4n) is 1.63. The van der Waals surface area contributed by atoms with Crippen molar-refractivity contribution in [1.29, 1.82) is 0 Å². The molecule has 0 fully saturated rings. The van der Waals surface area contributed by atoms with Crippen LogP contribution in [-0.2, 0) is 15.6 Å². The quantitative estimate of drug-likeness (QED) is 0.937. The summed E-state index contributed by atoms with van der Waals surface area (Å²) < 4.78 is 24.6. The number of halogens is 1. The molecule has 0 amide bonds. The normalized spacial score (nSPS) is 11.2. The lowest BCUT2D eigenvalue weighted by Crippen LogP contribution is -2.08. The van der Waals surface area contributed by atoms with Crippen molar-refractivity contribution in [1.82, 2.24) is 4.98 Å². The molecule has 0 saturated carbocycles. The van der Waals surface area contributed by atoms with Crippen molar-refractivity contribution in [3.05, 3.63) is 58.9 Å². The summed E-state index contributed by atoms with van der Waals surface area (Å²) >= 11 is 5.86. The van der Waals surface area contributed by atoms with Gasteiger partial charge in [-0.3, -0.25) is 4.98 Å². The summed E-state index contributed by atoms with van der Waals surface area (Å²) in [7, 11) is -3.76. The number of hydrogen-bond acceptors (Lipinski definition) is 4. The van der Waals surface area contributed by atoms with E-state index in [0.717, 1.165) is 6.07 Å². The van der Waals surface area contributed by atoms with E-state index in [2.05, 4.69) is 4.98 Å². The average molecular weight is 312 g/mol. The van der Waals surface area contributed by atoms with Crippen molar-refractivity contribution in [2.75, 3.05) is 0 Å². The molecule has 1 heterocycles. The summed E-state index contributed by atoms with van der Waals surface area (Å²) in [6, 6.07) is 8.50. The van der Waals surface area contributed by atoms with Gasteiger partial charge in [0.05, 0.1) is 26.9 Å². The largest absolute Gasteiger partial charge is 0.478 e. The number of hydrogen-bond donors (Lipinski definition) is 1. The van der Waals surface area contributed by atoms with E-state index in [9.17, 15) is 13.2 Å². The number of aromatic carboxylic acids is 1. The van der Waals surface area contributed by atoms with Crippen molar-refractivity contribution in [2.24, 2.45) is 0 Å². The second-order valence-electron chi connectivity index (χ2n) is 4.03. The zero-order valence-corrected chi connectivity index (χ0v) is 11.7. The Balaban J connectivity index is 2.44. The molecule has 0 unspecified atom stereocenters. The van der Waals surface area contributed by atoms with Gasteiger partial charge in [-0.2, -0.15) is 0 Å². The molecule has 0 spiro atoms. The molecule has 0 radical (unpaired) electrons. The molecule has 0 aliphatic carbocycles. The number of benzene rings is 1. The summed E-state index contributed by atoms with van der Waals surface area (Å²) in [6.45, 7) is 0. The number of nitrogens with zero attached hydrogens (tertiary/aromatic N) is 1. The first-order valence-corrected chi connectivity index (χ1v) is 7.59. The van der Waals surface area contributed by atoms with Gasteiger partial charge in [0.25, 0.3) is 0 Å². The van der Waals surface area contributed by atoms with Crippen LogP contribution in [0.3, 0.4) is 0 Å². The van der Waals surface area contributed by atoms with Gasteiger partial charge >= 0.3 is 5.97 Å². The van der Waals surface area contributed by atoms with Crippen LogP contribution < -0.4 is 0 Å². The van der Waals surface area contributed by atoms with Gasteiger partial charge in [-0.15, -0.1) is 0 Å². The Kier molecular flexibility index (Phi) is 4.06. The van der Waals surface area contributed by atoms with Gasteiger partial charge in [0.1, 0.15) is 0 Å². The number of carboxylic acid groups (broad SMARTS) is 1. The Morgan fingerprint density at radius 3 is 2.60 bits per heavy atom. The Labute approximate surface area is 120 Å². The highest BCUT2D eigenvalue weighted by Gasteiger charge is 2.21. The van der Waals surface area contributed by atoms with Gasteiger partial charge in [0.2, 0.25) is 0 Å². The van der Waals surface area contributed by atoms with Crippen LogP contribution in [0.5, 0.6) is 0 Å². The minimum absolute atomic E-state index is 0.00840. The van der Waals surface area contributed by atoms with Crippen molar-refractivity contribution >= 4 is 27.4 Å². The van der Waals surface area contributed by atoms with E-state index in [-0.39, 0.29) is 21.2 Å². The second kappa shape index (κ2) is 5.60. The van der Waals surface area contributed by atoms with Gasteiger partial charge in [0, 0.05) is 6.20 Å². The minimum atomic E-state index is -3.76. The van der Waals surface area contributed by atoms with Gasteiger partial charge < -0.3 is 5.11 Å². The first kappa shape index (κ1) is 14.5. The molecule has 0 saturated heterocycles. The first-order chi connectivity index (χ1) is 9.40. The number of pyridine rings is 1. The van der Waals surface area contributed by atoms with Crippen LogP contribution >= 0.6 is 11.6 Å². The summed E-state index contributed by atoms with van der Waals surface area (Å²) in [4.78, 5) is 14.6. The van der Waals surface area contributed by atoms with E-state index in [1.54, 1.807) is 18.2 Å². The van der Waals surface area contributed by atoms with Gasteiger partial charge in [-0.25, -0.2) is 13.2 Å². The Morgan fingerprint density at radius 1 is 1.25 bits per heavy atom. The molecule has 0 atom stereocenters. The maximum atomic E-state index is 12.3. The highest BCUT2D eigenvalue weighted by atomic mass is 35.5. The monoisotopic (exact) mass is 311 g/mol. The van der Waals surface area contributed by atoms with Gasteiger partial charge in [-0.1, -0.05) is 17.7 Å². The van der Waals surface area contributed by atoms with Crippen molar-refractivity contribution in [2.45, 2.75) is 10.6 Å². The summed E-state index contributed by atoms with van der Waals surface area (Å²) in [5, 5.41) is 8.90. The van der Waals surface area contributed by atoms with Gasteiger partial charge in [0.15, 0.2) is 9.84 Å². The van der Waals surface area contributed by atoms with Crippen molar-refractivity contribution < 1.29 is 18.3 Å². The highest BCUT2D eigenvalue weighted by molar-refractivity contribution is 7.90. The smallest absolute Gasteiger partial charge is 0.335 e. The molecule has 0 aliphatic heterocycles. The zero-order chi connectivity index (χ0) is 14.8. The molecule has 1 aromatic carbocycles. The third kappa shape index (κ3) is 3.15. The number of aromatic nitrogens is 1. The Morgan fingerprint density at radius 2 is 2.00 bits per heavy atom. The predicted molar refractivity (Wildman–Crippen MR) is 73.5 cm³/mol. The average Bonchev–Trinajstić information content (AvgIpc) is 2.39. The van der Waals surface area contributed by atoms with Gasteiger partial charge in [-0.05, 0) is 30.3 Å². The molecule has 5 nitrogen and oxygen atoms in total. The molecular formula is C13H10ClNO4S. The molecule has 104 valence electrons. The molecule has 0 aliphatic rings. The lowest BCUT2D eigenvalue weighted by molar-refractivity contribution is 0.0696. The molecule has 2 rings (SSSR count). The standard InChI is InChI=1S/C13H10ClNO4S/c14-11-5-4-9(13(16)17)7-12(11)20(18,19)8-10-3-1-2-6-15-10/h1-7H,8H2,(H,16,17). The third-order valence-electron chi connectivity index (χ3n) is 2.58. The maximum Gasteiger partial charge on any atom is 0.335 e. The molecule has 2 aromatic rings. The lowest BCUT2D eigenvalue weighted by atomic mass is 10.2. The number of carboxylic acids is 1. The van der Waals surface area contributed by atoms with Crippen LogP contribution in [0.1, 0.15) is 16.1 Å². The minimum Gasteiger partial charge on any atom is -0.478 e. The van der Waals surface area contributed by atoms with Crippen LogP contribution in [0.4, 0.5) is 0 Å². The van der Waals surface area contributed by atoms with Crippen LogP contribution in [0, 0.1) is 0 Å². The van der Waals surface area contributed by atoms with E-state index in [0.29, 0.717) is 5.69 Å². The topological polar surface area (TPSA) is 84.3 Å². The summed E-state index contributed by atoms with van der Waals surface area (Å²) in [5.41, 5.74) is 0.235. The molecule has 7 heteroatoms. The molecule has 0 bridgehead atoms. The van der Waals surface area contributed by atoms with E-state index >= 15 is 0 Å². The second-order valence-corrected chi connectivity index (χ2v) is 6.40. The van der Waals surface area contributed by atoms with Crippen molar-refractivity contribution in [3.63, 3.8) is 0 Å². The van der Waals surface area contributed by atoms with Crippen LogP contribution in [0.15, 0.2) is 47.5 Å². The third-order valence-corrected chi connectivity index (χ3v) is 4.70. The number of sulfone groups is 1. The van der Waals surface area contributed by atoms with Crippen molar-refractivity contribution in [3.8, 4) is 0 Å². The Hall–Kier alpha value is -1.92. The molecule has 1 aromatic heterocycles. The molecular weight excluding hydrogens is 302 g/mol. The van der Waals surface area contributed by atoms with Crippen LogP contribution in [0.2, 0.25) is 5.02 Å². The first-order valence-electron chi connectivity index (χ1n) is 5.55. The summed E-state index contributed by atoms with van der Waals surface area (Å²) in [5.74, 6) is -1.55. The molecule has 1 N–H and O–H groups in total. The number of carbonyl (C=O) groups is 1. The lowest BCUT2D eigenvalue weighted by Gasteiger charge is -2.07. The summed E-state index contributed by atoms with van der Waals surface area (Å²) in [6.07, 6.45) is 1.49. The predicted octanol–water partition coefficient (Wildman–Crippen LogP) is 2.41. The fraction of sp³-hybridized carbons (Fsp3) is 0.0769. The van der Waals surface area contributed by atoms with E-state index in [4.69, 9.17) is 16.7 Å². The zero-order valence-electron chi connectivity index (χ0n) is 10.2. The Bertz CT molecular complexity index is 744. The van der Waals surface area contributed by atoms with E-state index < -0.39 is 15.8 Å². The van der Waals surface area contributed by atoms with Crippen LogP contribution in [0.25, 0.3) is 0 Å².